The van der Waals surface area contributed by atoms with E-state index in [9.17, 15) is 0 Å². The van der Waals surface area contributed by atoms with Crippen LogP contribution in [0, 0.1) is 0 Å². The minimum absolute atomic E-state index is 0.248. The van der Waals surface area contributed by atoms with Crippen LogP contribution in [-0.4, -0.2) is 24.9 Å². The summed E-state index contributed by atoms with van der Waals surface area (Å²) in [4.78, 5) is 8.36. The fourth-order valence-electron chi connectivity index (χ4n) is 1.33. The highest BCUT2D eigenvalue weighted by atomic mass is 28.4. The minimum atomic E-state index is -1.68. The van der Waals surface area contributed by atoms with Crippen LogP contribution in [0.1, 0.15) is 39.8 Å². The molecule has 0 aliphatic rings. The van der Waals surface area contributed by atoms with E-state index in [2.05, 4.69) is 56.8 Å². The zero-order valence-corrected chi connectivity index (χ0v) is 14.0. The Morgan fingerprint density at radius 3 is 2.47 bits per heavy atom. The monoisotopic (exact) mass is 278 g/mol. The van der Waals surface area contributed by atoms with E-state index in [1.54, 1.807) is 18.6 Å². The van der Waals surface area contributed by atoms with Gasteiger partial charge in [0.25, 0.3) is 0 Å². The van der Waals surface area contributed by atoms with Gasteiger partial charge < -0.3 is 4.43 Å². The van der Waals surface area contributed by atoms with E-state index >= 15 is 0 Å². The van der Waals surface area contributed by atoms with Crippen LogP contribution in [0.3, 0.4) is 0 Å². The topological polar surface area (TPSA) is 35.0 Å². The number of nitrogens with zero attached hydrogens (tertiary/aromatic N) is 2. The summed E-state index contributed by atoms with van der Waals surface area (Å²) in [5, 5.41) is 0.248. The van der Waals surface area contributed by atoms with Crippen LogP contribution in [-0.2, 0) is 4.43 Å². The third kappa shape index (κ3) is 4.88. The van der Waals surface area contributed by atoms with E-state index in [1.165, 1.54) is 5.57 Å². The maximum Gasteiger partial charge on any atom is 0.192 e. The summed E-state index contributed by atoms with van der Waals surface area (Å²) in [5.41, 5.74) is 2.17. The number of aromatic nitrogens is 2. The molecule has 1 rings (SSSR count). The average molecular weight is 278 g/mol. The first kappa shape index (κ1) is 16.1. The molecule has 0 bridgehead atoms. The molecule has 0 saturated heterocycles. The maximum atomic E-state index is 6.24. The van der Waals surface area contributed by atoms with Crippen LogP contribution < -0.4 is 0 Å². The van der Waals surface area contributed by atoms with E-state index in [0.717, 1.165) is 12.1 Å². The predicted molar refractivity (Wildman–Crippen MR) is 83.4 cm³/mol. The maximum absolute atomic E-state index is 6.24. The number of rotatable bonds is 5. The van der Waals surface area contributed by atoms with Crippen molar-refractivity contribution in [2.75, 3.05) is 6.61 Å². The molecule has 0 aliphatic heterocycles. The van der Waals surface area contributed by atoms with E-state index in [4.69, 9.17) is 4.43 Å². The van der Waals surface area contributed by atoms with Crippen molar-refractivity contribution in [1.29, 1.82) is 0 Å². The van der Waals surface area contributed by atoms with Crippen molar-refractivity contribution < 1.29 is 4.43 Å². The van der Waals surface area contributed by atoms with Gasteiger partial charge in [0.05, 0.1) is 18.5 Å². The largest absolute Gasteiger partial charge is 0.413 e. The third-order valence-electron chi connectivity index (χ3n) is 3.81. The number of hydrogen-bond donors (Lipinski definition) is 0. The van der Waals surface area contributed by atoms with Gasteiger partial charge in [0.15, 0.2) is 8.32 Å². The molecule has 3 nitrogen and oxygen atoms in total. The Hall–Kier alpha value is -1.00. The molecule has 0 atom stereocenters. The Bertz CT molecular complexity index is 422. The molecule has 0 radical (unpaired) electrons. The van der Waals surface area contributed by atoms with Crippen molar-refractivity contribution in [1.82, 2.24) is 9.97 Å². The van der Waals surface area contributed by atoms with E-state index in [1.807, 2.05) is 0 Å². The highest BCUT2D eigenvalue weighted by Gasteiger charge is 2.37. The molecule has 0 amide bonds. The molecule has 0 aliphatic carbocycles. The first-order chi connectivity index (χ1) is 8.76. The fourth-order valence-corrected chi connectivity index (χ4v) is 2.31. The van der Waals surface area contributed by atoms with E-state index in [-0.39, 0.29) is 5.04 Å². The van der Waals surface area contributed by atoms with Gasteiger partial charge in [0.2, 0.25) is 0 Å². The molecule has 0 aromatic carbocycles. The van der Waals surface area contributed by atoms with Gasteiger partial charge in [-0.25, -0.2) is 0 Å². The average Bonchev–Trinajstić information content (AvgIpc) is 2.34. The van der Waals surface area contributed by atoms with Crippen LogP contribution >= 0.6 is 0 Å². The Labute approximate surface area is 118 Å². The van der Waals surface area contributed by atoms with Gasteiger partial charge in [-0.3, -0.25) is 9.97 Å². The van der Waals surface area contributed by atoms with E-state index in [0.29, 0.717) is 6.61 Å². The second kappa shape index (κ2) is 6.44. The van der Waals surface area contributed by atoms with Gasteiger partial charge in [-0.2, -0.15) is 0 Å². The lowest BCUT2D eigenvalue weighted by Gasteiger charge is -2.36. The zero-order valence-electron chi connectivity index (χ0n) is 13.0. The second-order valence-electron chi connectivity index (χ2n) is 6.34. The van der Waals surface area contributed by atoms with Crippen LogP contribution in [0.5, 0.6) is 0 Å². The molecule has 1 heterocycles. The van der Waals surface area contributed by atoms with Gasteiger partial charge in [-0.15, -0.1) is 0 Å². The summed E-state index contributed by atoms with van der Waals surface area (Å²) in [6.45, 7) is 14.2. The highest BCUT2D eigenvalue weighted by Crippen LogP contribution is 2.36. The molecule has 1 aromatic rings. The van der Waals surface area contributed by atoms with Crippen molar-refractivity contribution in [3.05, 3.63) is 29.9 Å². The van der Waals surface area contributed by atoms with Gasteiger partial charge >= 0.3 is 0 Å². The molecule has 0 N–H and O–H groups in total. The Balaban J connectivity index is 2.72. The van der Waals surface area contributed by atoms with Crippen molar-refractivity contribution >= 4 is 14.4 Å². The molecule has 0 spiro atoms. The van der Waals surface area contributed by atoms with Crippen LogP contribution in [0.25, 0.3) is 6.08 Å². The van der Waals surface area contributed by atoms with Crippen molar-refractivity contribution in [3.8, 4) is 0 Å². The summed E-state index contributed by atoms with van der Waals surface area (Å²) in [7, 11) is -1.68. The summed E-state index contributed by atoms with van der Waals surface area (Å²) >= 11 is 0. The highest BCUT2D eigenvalue weighted by molar-refractivity contribution is 6.74. The van der Waals surface area contributed by atoms with Crippen LogP contribution in [0.15, 0.2) is 24.2 Å². The van der Waals surface area contributed by atoms with Crippen LogP contribution in [0.4, 0.5) is 0 Å². The first-order valence-corrected chi connectivity index (χ1v) is 9.76. The summed E-state index contributed by atoms with van der Waals surface area (Å²) < 4.78 is 6.24. The van der Waals surface area contributed by atoms with Gasteiger partial charge in [-0.1, -0.05) is 27.7 Å². The Morgan fingerprint density at radius 2 is 2.00 bits per heavy atom. The number of hydrogen-bond acceptors (Lipinski definition) is 3. The van der Waals surface area contributed by atoms with Crippen molar-refractivity contribution in [2.24, 2.45) is 0 Å². The normalized spacial score (nSPS) is 13.7. The van der Waals surface area contributed by atoms with Gasteiger partial charge in [0.1, 0.15) is 0 Å². The molecule has 106 valence electrons. The summed E-state index contributed by atoms with van der Waals surface area (Å²) in [5.74, 6) is 0. The smallest absolute Gasteiger partial charge is 0.192 e. The molecule has 0 fully saturated rings. The van der Waals surface area contributed by atoms with Crippen molar-refractivity contribution in [2.45, 2.75) is 52.2 Å². The third-order valence-corrected chi connectivity index (χ3v) is 8.29. The molecule has 0 unspecified atom stereocenters. The summed E-state index contributed by atoms with van der Waals surface area (Å²) in [6.07, 6.45) is 8.25. The molecule has 1 aromatic heterocycles. The molecule has 4 heteroatoms. The summed E-state index contributed by atoms with van der Waals surface area (Å²) in [6, 6.07) is 0. The fraction of sp³-hybridized carbons (Fsp3) is 0.600. The SMILES string of the molecule is CC/C(=C\c1cnccn1)CO[Si](C)(C)C(C)(C)C. The Morgan fingerprint density at radius 1 is 1.32 bits per heavy atom. The predicted octanol–water partition coefficient (Wildman–Crippen LogP) is 4.29. The zero-order chi connectivity index (χ0) is 14.5. The minimum Gasteiger partial charge on any atom is -0.413 e. The second-order valence-corrected chi connectivity index (χ2v) is 11.1. The molecule has 0 saturated carbocycles. The van der Waals surface area contributed by atoms with Crippen LogP contribution in [0.2, 0.25) is 18.1 Å². The van der Waals surface area contributed by atoms with Gasteiger partial charge in [-0.05, 0) is 36.2 Å². The molecular weight excluding hydrogens is 252 g/mol. The van der Waals surface area contributed by atoms with E-state index < -0.39 is 8.32 Å². The quantitative estimate of drug-likeness (QED) is 0.754. The molecule has 19 heavy (non-hydrogen) atoms. The first-order valence-electron chi connectivity index (χ1n) is 6.85. The van der Waals surface area contributed by atoms with Gasteiger partial charge in [0, 0.05) is 12.4 Å². The Kier molecular flexibility index (Phi) is 5.44. The lowest BCUT2D eigenvalue weighted by Crippen LogP contribution is -2.41. The lowest BCUT2D eigenvalue weighted by molar-refractivity contribution is 0.316. The lowest BCUT2D eigenvalue weighted by atomic mass is 10.2. The molecular formula is C15H26N2OSi. The standard InChI is InChI=1S/C15H26N2OSi/c1-7-13(10-14-11-16-8-9-17-14)12-18-19(5,6)15(2,3)4/h8-11H,7,12H2,1-6H3/b13-10+. The van der Waals surface area contributed by atoms with Crippen molar-refractivity contribution in [3.63, 3.8) is 0 Å².